The van der Waals surface area contributed by atoms with E-state index in [1.165, 1.54) is 0 Å². The zero-order valence-corrected chi connectivity index (χ0v) is 10.3. The number of hydrogen-bond donors (Lipinski definition) is 2. The Morgan fingerprint density at radius 3 is 2.95 bits per heavy atom. The summed E-state index contributed by atoms with van der Waals surface area (Å²) < 4.78 is 0. The van der Waals surface area contributed by atoms with Crippen molar-refractivity contribution in [3.63, 3.8) is 0 Å². The third-order valence-corrected chi connectivity index (χ3v) is 2.97. The van der Waals surface area contributed by atoms with E-state index in [-0.39, 0.29) is 5.91 Å². The van der Waals surface area contributed by atoms with E-state index in [4.69, 9.17) is 0 Å². The van der Waals surface area contributed by atoms with Crippen molar-refractivity contribution in [1.82, 2.24) is 9.97 Å². The van der Waals surface area contributed by atoms with E-state index in [0.717, 1.165) is 16.5 Å². The topological polar surface area (TPSA) is 57.8 Å². The van der Waals surface area contributed by atoms with Gasteiger partial charge in [0.15, 0.2) is 0 Å². The SMILES string of the molecule is O=C(Cc1c[nH]c2ccccc12)Nc1cccnc1. The van der Waals surface area contributed by atoms with E-state index >= 15 is 0 Å². The fourth-order valence-corrected chi connectivity index (χ4v) is 2.09. The highest BCUT2D eigenvalue weighted by Crippen LogP contribution is 2.18. The summed E-state index contributed by atoms with van der Waals surface area (Å²) in [5.74, 6) is -0.0437. The lowest BCUT2D eigenvalue weighted by Crippen LogP contribution is -2.14. The van der Waals surface area contributed by atoms with E-state index in [1.807, 2.05) is 36.5 Å². The van der Waals surface area contributed by atoms with Crippen molar-refractivity contribution in [2.75, 3.05) is 5.32 Å². The largest absolute Gasteiger partial charge is 0.361 e. The first kappa shape index (κ1) is 11.5. The molecule has 0 bridgehead atoms. The number of benzene rings is 1. The Bertz CT molecular complexity index is 703. The highest BCUT2D eigenvalue weighted by Gasteiger charge is 2.08. The Balaban J connectivity index is 1.76. The van der Waals surface area contributed by atoms with Crippen LogP contribution in [0.1, 0.15) is 5.56 Å². The van der Waals surface area contributed by atoms with Crippen LogP contribution >= 0.6 is 0 Å². The van der Waals surface area contributed by atoms with Crippen LogP contribution in [0.15, 0.2) is 55.0 Å². The molecule has 0 spiro atoms. The predicted octanol–water partition coefficient (Wildman–Crippen LogP) is 2.74. The van der Waals surface area contributed by atoms with Gasteiger partial charge in [-0.05, 0) is 23.8 Å². The minimum atomic E-state index is -0.0437. The lowest BCUT2D eigenvalue weighted by atomic mass is 10.1. The molecule has 1 aromatic carbocycles. The summed E-state index contributed by atoms with van der Waals surface area (Å²) in [6.45, 7) is 0. The van der Waals surface area contributed by atoms with Crippen LogP contribution in [-0.2, 0) is 11.2 Å². The summed E-state index contributed by atoms with van der Waals surface area (Å²) >= 11 is 0. The maximum absolute atomic E-state index is 12.0. The third kappa shape index (κ3) is 2.47. The number of H-pyrrole nitrogens is 1. The van der Waals surface area contributed by atoms with Crippen molar-refractivity contribution in [1.29, 1.82) is 0 Å². The number of nitrogens with zero attached hydrogens (tertiary/aromatic N) is 1. The molecule has 2 N–H and O–H groups in total. The standard InChI is InChI=1S/C15H13N3O/c19-15(18-12-4-3-7-16-10-12)8-11-9-17-14-6-2-1-5-13(11)14/h1-7,9-10,17H,8H2,(H,18,19). The Morgan fingerprint density at radius 2 is 2.11 bits per heavy atom. The average molecular weight is 251 g/mol. The maximum Gasteiger partial charge on any atom is 0.228 e. The van der Waals surface area contributed by atoms with Gasteiger partial charge in [-0.25, -0.2) is 0 Å². The number of rotatable bonds is 3. The van der Waals surface area contributed by atoms with Gasteiger partial charge in [0.2, 0.25) is 5.91 Å². The van der Waals surface area contributed by atoms with E-state index < -0.39 is 0 Å². The van der Waals surface area contributed by atoms with Gasteiger partial charge in [0.1, 0.15) is 0 Å². The van der Waals surface area contributed by atoms with Gasteiger partial charge in [0.25, 0.3) is 0 Å². The number of fused-ring (bicyclic) bond motifs is 1. The number of aromatic amines is 1. The van der Waals surface area contributed by atoms with Gasteiger partial charge in [-0.15, -0.1) is 0 Å². The number of para-hydroxylation sites is 1. The summed E-state index contributed by atoms with van der Waals surface area (Å²) in [5, 5.41) is 3.92. The van der Waals surface area contributed by atoms with Crippen LogP contribution in [0.5, 0.6) is 0 Å². The molecular formula is C15H13N3O. The lowest BCUT2D eigenvalue weighted by molar-refractivity contribution is -0.115. The molecule has 0 aliphatic heterocycles. The van der Waals surface area contributed by atoms with Gasteiger partial charge in [0, 0.05) is 23.3 Å². The molecule has 0 unspecified atom stereocenters. The van der Waals surface area contributed by atoms with E-state index in [1.54, 1.807) is 18.5 Å². The molecule has 1 amide bonds. The second kappa shape index (κ2) is 4.94. The van der Waals surface area contributed by atoms with Crippen LogP contribution in [0.3, 0.4) is 0 Å². The number of carbonyl (C=O) groups excluding carboxylic acids is 1. The summed E-state index contributed by atoms with van der Waals surface area (Å²) in [6, 6.07) is 11.6. The number of carbonyl (C=O) groups is 1. The number of amides is 1. The Morgan fingerprint density at radius 1 is 1.21 bits per heavy atom. The minimum absolute atomic E-state index is 0.0437. The Labute approximate surface area is 110 Å². The van der Waals surface area contributed by atoms with E-state index in [9.17, 15) is 4.79 Å². The van der Waals surface area contributed by atoms with Gasteiger partial charge in [-0.3, -0.25) is 9.78 Å². The van der Waals surface area contributed by atoms with Crippen molar-refractivity contribution < 1.29 is 4.79 Å². The molecule has 0 saturated heterocycles. The second-order valence-electron chi connectivity index (χ2n) is 4.33. The Hall–Kier alpha value is -2.62. The van der Waals surface area contributed by atoms with Crippen LogP contribution in [0, 0.1) is 0 Å². The molecule has 4 heteroatoms. The monoisotopic (exact) mass is 251 g/mol. The minimum Gasteiger partial charge on any atom is -0.361 e. The highest BCUT2D eigenvalue weighted by atomic mass is 16.1. The smallest absolute Gasteiger partial charge is 0.228 e. The van der Waals surface area contributed by atoms with Crippen LogP contribution in [0.4, 0.5) is 5.69 Å². The molecule has 0 fully saturated rings. The normalized spacial score (nSPS) is 10.5. The van der Waals surface area contributed by atoms with Crippen molar-refractivity contribution in [2.24, 2.45) is 0 Å². The highest BCUT2D eigenvalue weighted by molar-refractivity contribution is 5.95. The fraction of sp³-hybridized carbons (Fsp3) is 0.0667. The second-order valence-corrected chi connectivity index (χ2v) is 4.33. The van der Waals surface area contributed by atoms with Gasteiger partial charge in [-0.2, -0.15) is 0 Å². The number of nitrogens with one attached hydrogen (secondary N) is 2. The zero-order valence-electron chi connectivity index (χ0n) is 10.3. The van der Waals surface area contributed by atoms with E-state index in [0.29, 0.717) is 12.1 Å². The number of hydrogen-bond acceptors (Lipinski definition) is 2. The van der Waals surface area contributed by atoms with Crippen molar-refractivity contribution in [2.45, 2.75) is 6.42 Å². The number of pyridine rings is 1. The molecule has 0 radical (unpaired) electrons. The molecule has 3 aromatic rings. The van der Waals surface area contributed by atoms with Crippen LogP contribution < -0.4 is 5.32 Å². The summed E-state index contributed by atoms with van der Waals surface area (Å²) in [6.07, 6.45) is 5.54. The fourth-order valence-electron chi connectivity index (χ4n) is 2.09. The molecule has 4 nitrogen and oxygen atoms in total. The summed E-state index contributed by atoms with van der Waals surface area (Å²) in [7, 11) is 0. The molecule has 94 valence electrons. The molecule has 0 atom stereocenters. The zero-order chi connectivity index (χ0) is 13.1. The van der Waals surface area contributed by atoms with Crippen LogP contribution in [0.2, 0.25) is 0 Å². The van der Waals surface area contributed by atoms with Crippen molar-refractivity contribution in [3.8, 4) is 0 Å². The van der Waals surface area contributed by atoms with Gasteiger partial charge < -0.3 is 10.3 Å². The first-order valence-electron chi connectivity index (χ1n) is 6.08. The molecule has 0 saturated carbocycles. The first-order valence-corrected chi connectivity index (χ1v) is 6.08. The summed E-state index contributed by atoms with van der Waals surface area (Å²) in [4.78, 5) is 19.1. The summed E-state index contributed by atoms with van der Waals surface area (Å²) in [5.41, 5.74) is 2.76. The van der Waals surface area contributed by atoms with Gasteiger partial charge in [0.05, 0.1) is 18.3 Å². The molecule has 2 heterocycles. The van der Waals surface area contributed by atoms with Crippen molar-refractivity contribution >= 4 is 22.5 Å². The van der Waals surface area contributed by atoms with E-state index in [2.05, 4.69) is 15.3 Å². The molecule has 0 aliphatic rings. The van der Waals surface area contributed by atoms with Crippen LogP contribution in [0.25, 0.3) is 10.9 Å². The quantitative estimate of drug-likeness (QED) is 0.752. The van der Waals surface area contributed by atoms with Crippen LogP contribution in [-0.4, -0.2) is 15.9 Å². The Kier molecular flexibility index (Phi) is 2.98. The van der Waals surface area contributed by atoms with Gasteiger partial charge >= 0.3 is 0 Å². The maximum atomic E-state index is 12.0. The van der Waals surface area contributed by atoms with Gasteiger partial charge in [-0.1, -0.05) is 18.2 Å². The third-order valence-electron chi connectivity index (χ3n) is 2.97. The predicted molar refractivity (Wildman–Crippen MR) is 74.9 cm³/mol. The molecule has 19 heavy (non-hydrogen) atoms. The molecule has 0 aliphatic carbocycles. The molecular weight excluding hydrogens is 238 g/mol. The number of aromatic nitrogens is 2. The average Bonchev–Trinajstić information content (AvgIpc) is 2.83. The van der Waals surface area contributed by atoms with Crippen molar-refractivity contribution in [3.05, 3.63) is 60.6 Å². The molecule has 2 aromatic heterocycles. The first-order chi connectivity index (χ1) is 9.33. The lowest BCUT2D eigenvalue weighted by Gasteiger charge is -2.03. The number of anilines is 1. The molecule has 3 rings (SSSR count).